The number of aryl methyl sites for hydroxylation is 1. The summed E-state index contributed by atoms with van der Waals surface area (Å²) in [5.41, 5.74) is 0. The van der Waals surface area contributed by atoms with E-state index >= 15 is 0 Å². The second-order valence-corrected chi connectivity index (χ2v) is 7.71. The Balaban J connectivity index is 1.86. The Kier molecular flexibility index (Phi) is 3.63. The third-order valence-electron chi connectivity index (χ3n) is 3.89. The van der Waals surface area contributed by atoms with E-state index in [0.717, 1.165) is 30.7 Å². The number of amides is 1. The van der Waals surface area contributed by atoms with Gasteiger partial charge in [0, 0.05) is 22.8 Å². The van der Waals surface area contributed by atoms with Gasteiger partial charge >= 0.3 is 0 Å². The standard InChI is InChI=1S/C15H19NOS2/c1-3-12-8-11-9-13(19-15(11)18-12)14(17)16-7-5-4-6-10(16)2/h8-10H,3-7H2,1-2H3. The van der Waals surface area contributed by atoms with Crippen LogP contribution in [0.5, 0.6) is 0 Å². The van der Waals surface area contributed by atoms with Gasteiger partial charge in [-0.1, -0.05) is 6.92 Å². The van der Waals surface area contributed by atoms with Crippen LogP contribution >= 0.6 is 22.7 Å². The molecule has 0 saturated carbocycles. The van der Waals surface area contributed by atoms with Crippen LogP contribution in [-0.4, -0.2) is 23.4 Å². The molecule has 1 saturated heterocycles. The molecule has 2 nitrogen and oxygen atoms in total. The highest BCUT2D eigenvalue weighted by Gasteiger charge is 2.25. The summed E-state index contributed by atoms with van der Waals surface area (Å²) in [4.78, 5) is 17.0. The number of fused-ring (bicyclic) bond motifs is 1. The summed E-state index contributed by atoms with van der Waals surface area (Å²) in [6, 6.07) is 4.71. The summed E-state index contributed by atoms with van der Waals surface area (Å²) in [6.07, 6.45) is 4.63. The highest BCUT2D eigenvalue weighted by Crippen LogP contribution is 2.35. The van der Waals surface area contributed by atoms with E-state index in [1.54, 1.807) is 11.3 Å². The number of rotatable bonds is 2. The molecule has 1 aliphatic heterocycles. The minimum atomic E-state index is 0.235. The summed E-state index contributed by atoms with van der Waals surface area (Å²) in [5, 5.41) is 1.25. The Labute approximate surface area is 122 Å². The summed E-state index contributed by atoms with van der Waals surface area (Å²) in [6.45, 7) is 5.27. The SMILES string of the molecule is CCc1cc2cc(C(=O)N3CCCCC3C)sc2s1. The lowest BCUT2D eigenvalue weighted by molar-refractivity contribution is 0.0641. The van der Waals surface area contributed by atoms with Gasteiger partial charge in [-0.3, -0.25) is 4.79 Å². The fourth-order valence-corrected chi connectivity index (χ4v) is 5.10. The van der Waals surface area contributed by atoms with Gasteiger partial charge in [-0.2, -0.15) is 0 Å². The molecule has 0 N–H and O–H groups in total. The molecule has 0 spiro atoms. The van der Waals surface area contributed by atoms with Gasteiger partial charge in [0.15, 0.2) is 0 Å². The molecule has 102 valence electrons. The van der Waals surface area contributed by atoms with E-state index in [1.165, 1.54) is 20.7 Å². The number of hydrogen-bond acceptors (Lipinski definition) is 3. The summed E-state index contributed by atoms with van der Waals surface area (Å²) in [7, 11) is 0. The van der Waals surface area contributed by atoms with Crippen LogP contribution in [0.15, 0.2) is 12.1 Å². The zero-order valence-corrected chi connectivity index (χ0v) is 13.1. The van der Waals surface area contributed by atoms with Crippen LogP contribution in [0, 0.1) is 0 Å². The molecule has 2 aromatic rings. The number of carbonyl (C=O) groups is 1. The van der Waals surface area contributed by atoms with Gasteiger partial charge in [0.2, 0.25) is 0 Å². The highest BCUT2D eigenvalue weighted by atomic mass is 32.2. The number of hydrogen-bond donors (Lipinski definition) is 0. The first-order valence-electron chi connectivity index (χ1n) is 7.02. The van der Waals surface area contributed by atoms with Crippen molar-refractivity contribution in [2.24, 2.45) is 0 Å². The molecule has 1 fully saturated rings. The molecule has 0 aliphatic carbocycles. The maximum absolute atomic E-state index is 12.6. The Morgan fingerprint density at radius 1 is 1.37 bits per heavy atom. The molecule has 2 aromatic heterocycles. The van der Waals surface area contributed by atoms with Gasteiger partial charge in [-0.05, 0) is 44.7 Å². The topological polar surface area (TPSA) is 20.3 Å². The monoisotopic (exact) mass is 293 g/mol. The van der Waals surface area contributed by atoms with E-state index in [9.17, 15) is 4.79 Å². The number of piperidine rings is 1. The number of likely N-dealkylation sites (tertiary alicyclic amines) is 1. The Morgan fingerprint density at radius 3 is 2.89 bits per heavy atom. The molecule has 0 bridgehead atoms. The lowest BCUT2D eigenvalue weighted by Crippen LogP contribution is -2.41. The molecule has 4 heteroatoms. The average molecular weight is 293 g/mol. The molecule has 1 atom stereocenters. The Morgan fingerprint density at radius 2 is 2.21 bits per heavy atom. The van der Waals surface area contributed by atoms with Gasteiger partial charge in [0.1, 0.15) is 0 Å². The minimum absolute atomic E-state index is 0.235. The average Bonchev–Trinajstić information content (AvgIpc) is 2.96. The summed E-state index contributed by atoms with van der Waals surface area (Å²) < 4.78 is 1.30. The molecule has 0 radical (unpaired) electrons. The second-order valence-electron chi connectivity index (χ2n) is 5.26. The van der Waals surface area contributed by atoms with E-state index in [2.05, 4.69) is 30.9 Å². The second kappa shape index (κ2) is 5.25. The first-order valence-corrected chi connectivity index (χ1v) is 8.65. The normalized spacial score (nSPS) is 20.1. The van der Waals surface area contributed by atoms with Gasteiger partial charge in [-0.15, -0.1) is 22.7 Å². The molecule has 3 rings (SSSR count). The van der Waals surface area contributed by atoms with Crippen LogP contribution in [0.25, 0.3) is 9.40 Å². The number of nitrogens with zero attached hydrogens (tertiary/aromatic N) is 1. The highest BCUT2D eigenvalue weighted by molar-refractivity contribution is 7.39. The minimum Gasteiger partial charge on any atom is -0.335 e. The zero-order valence-electron chi connectivity index (χ0n) is 11.4. The van der Waals surface area contributed by atoms with Crippen molar-refractivity contribution in [1.82, 2.24) is 4.90 Å². The van der Waals surface area contributed by atoms with E-state index < -0.39 is 0 Å². The molecule has 1 amide bonds. The van der Waals surface area contributed by atoms with Crippen molar-refractivity contribution in [2.45, 2.75) is 45.6 Å². The molecule has 1 aliphatic rings. The third-order valence-corrected chi connectivity index (χ3v) is 6.41. The fourth-order valence-electron chi connectivity index (χ4n) is 2.71. The van der Waals surface area contributed by atoms with Gasteiger partial charge < -0.3 is 4.90 Å². The Hall–Kier alpha value is -0.870. The van der Waals surface area contributed by atoms with Gasteiger partial charge in [0.05, 0.1) is 8.89 Å². The summed E-state index contributed by atoms with van der Waals surface area (Å²) in [5.74, 6) is 0.235. The largest absolute Gasteiger partial charge is 0.335 e. The first kappa shape index (κ1) is 13.1. The van der Waals surface area contributed by atoms with Crippen LogP contribution in [0.1, 0.15) is 47.7 Å². The van der Waals surface area contributed by atoms with Crippen molar-refractivity contribution in [3.8, 4) is 0 Å². The molecule has 1 unspecified atom stereocenters. The van der Waals surface area contributed by atoms with Gasteiger partial charge in [0.25, 0.3) is 5.91 Å². The van der Waals surface area contributed by atoms with Crippen molar-refractivity contribution in [2.75, 3.05) is 6.54 Å². The first-order chi connectivity index (χ1) is 9.19. The Bertz CT molecular complexity index is 567. The predicted molar refractivity (Wildman–Crippen MR) is 83.4 cm³/mol. The smallest absolute Gasteiger partial charge is 0.264 e. The quantitative estimate of drug-likeness (QED) is 0.796. The van der Waals surface area contributed by atoms with E-state index in [4.69, 9.17) is 0 Å². The van der Waals surface area contributed by atoms with E-state index in [0.29, 0.717) is 6.04 Å². The van der Waals surface area contributed by atoms with Crippen LogP contribution in [0.4, 0.5) is 0 Å². The lowest BCUT2D eigenvalue weighted by Gasteiger charge is -2.33. The molecular formula is C15H19NOS2. The lowest BCUT2D eigenvalue weighted by atomic mass is 10.0. The zero-order chi connectivity index (χ0) is 13.4. The molecular weight excluding hydrogens is 274 g/mol. The van der Waals surface area contributed by atoms with Crippen LogP contribution in [0.2, 0.25) is 0 Å². The van der Waals surface area contributed by atoms with Gasteiger partial charge in [-0.25, -0.2) is 0 Å². The van der Waals surface area contributed by atoms with Crippen molar-refractivity contribution in [3.63, 3.8) is 0 Å². The van der Waals surface area contributed by atoms with Crippen molar-refractivity contribution in [1.29, 1.82) is 0 Å². The van der Waals surface area contributed by atoms with Crippen LogP contribution < -0.4 is 0 Å². The third kappa shape index (κ3) is 2.43. The summed E-state index contributed by atoms with van der Waals surface area (Å²) >= 11 is 3.50. The van der Waals surface area contributed by atoms with E-state index in [-0.39, 0.29) is 5.91 Å². The predicted octanol–water partition coefficient (Wildman–Crippen LogP) is 4.54. The molecule has 19 heavy (non-hydrogen) atoms. The van der Waals surface area contributed by atoms with Crippen LogP contribution in [0.3, 0.4) is 0 Å². The number of thiophene rings is 2. The van der Waals surface area contributed by atoms with Crippen molar-refractivity contribution < 1.29 is 4.79 Å². The molecule has 0 aromatic carbocycles. The molecule has 3 heterocycles. The van der Waals surface area contributed by atoms with E-state index in [1.807, 2.05) is 11.3 Å². The van der Waals surface area contributed by atoms with Crippen molar-refractivity contribution >= 4 is 38.0 Å². The fraction of sp³-hybridized carbons (Fsp3) is 0.533. The van der Waals surface area contributed by atoms with Crippen LogP contribution in [-0.2, 0) is 6.42 Å². The maximum Gasteiger partial charge on any atom is 0.264 e. The maximum atomic E-state index is 12.6. The number of carbonyl (C=O) groups excluding carboxylic acids is 1. The van der Waals surface area contributed by atoms with Crippen molar-refractivity contribution in [3.05, 3.63) is 21.9 Å².